The fourth-order valence-corrected chi connectivity index (χ4v) is 7.31. The molecule has 0 bridgehead atoms. The number of nitrogens with zero attached hydrogens (tertiary/aromatic N) is 3. The van der Waals surface area contributed by atoms with E-state index in [1.165, 1.54) is 11.8 Å². The summed E-state index contributed by atoms with van der Waals surface area (Å²) in [5.41, 5.74) is 2.43. The van der Waals surface area contributed by atoms with Crippen molar-refractivity contribution in [3.63, 3.8) is 0 Å². The number of sulfonamides is 1. The molecule has 0 aliphatic carbocycles. The summed E-state index contributed by atoms with van der Waals surface area (Å²) < 4.78 is 42.5. The highest BCUT2D eigenvalue weighted by Gasteiger charge is 2.58. The van der Waals surface area contributed by atoms with Crippen LogP contribution in [-0.4, -0.2) is 47.8 Å². The number of benzene rings is 1. The highest BCUT2D eigenvalue weighted by Crippen LogP contribution is 2.55. The first-order chi connectivity index (χ1) is 14.6. The van der Waals surface area contributed by atoms with Crippen molar-refractivity contribution >= 4 is 10.0 Å². The van der Waals surface area contributed by atoms with Gasteiger partial charge < -0.3 is 9.47 Å². The summed E-state index contributed by atoms with van der Waals surface area (Å²) >= 11 is 0. The summed E-state index contributed by atoms with van der Waals surface area (Å²) in [5, 5.41) is 4.22. The summed E-state index contributed by atoms with van der Waals surface area (Å²) in [7, 11) is -3.55. The van der Waals surface area contributed by atoms with Crippen molar-refractivity contribution < 1.29 is 17.9 Å². The zero-order chi connectivity index (χ0) is 22.2. The SMILES string of the molecule is CCn1ncc(S(=O)(=O)N2CC3(CO[C@@H]4c5ccc(C)cc5OC(C)(C)[C@H]4C3)C2)c1C. The molecular formula is C23H31N3O4S. The molecule has 3 aliphatic rings. The minimum absolute atomic E-state index is 0.0133. The molecule has 1 aromatic carbocycles. The third-order valence-electron chi connectivity index (χ3n) is 7.33. The van der Waals surface area contributed by atoms with Crippen molar-refractivity contribution in [2.24, 2.45) is 11.3 Å². The van der Waals surface area contributed by atoms with Gasteiger partial charge in [-0.2, -0.15) is 9.40 Å². The van der Waals surface area contributed by atoms with Crippen molar-refractivity contribution in [3.8, 4) is 5.75 Å². The fraction of sp³-hybridized carbons (Fsp3) is 0.609. The average Bonchev–Trinajstić information content (AvgIpc) is 3.06. The largest absolute Gasteiger partial charge is 0.487 e. The van der Waals surface area contributed by atoms with E-state index in [0.29, 0.717) is 36.8 Å². The molecule has 0 radical (unpaired) electrons. The number of aryl methyl sites for hydroxylation is 2. The van der Waals surface area contributed by atoms with E-state index in [4.69, 9.17) is 9.47 Å². The van der Waals surface area contributed by atoms with Crippen LogP contribution in [0.1, 0.15) is 50.1 Å². The molecule has 0 saturated carbocycles. The lowest BCUT2D eigenvalue weighted by Crippen LogP contribution is -2.65. The molecule has 8 heteroatoms. The molecule has 4 heterocycles. The third kappa shape index (κ3) is 3.14. The molecule has 2 saturated heterocycles. The molecule has 2 fully saturated rings. The van der Waals surface area contributed by atoms with E-state index in [-0.39, 0.29) is 23.0 Å². The Morgan fingerprint density at radius 1 is 1.23 bits per heavy atom. The average molecular weight is 446 g/mol. The van der Waals surface area contributed by atoms with Gasteiger partial charge in [-0.1, -0.05) is 12.1 Å². The molecule has 7 nitrogen and oxygen atoms in total. The maximum absolute atomic E-state index is 13.2. The van der Waals surface area contributed by atoms with E-state index in [2.05, 4.69) is 44.1 Å². The maximum Gasteiger partial charge on any atom is 0.246 e. The summed E-state index contributed by atoms with van der Waals surface area (Å²) in [5.74, 6) is 1.08. The lowest BCUT2D eigenvalue weighted by atomic mass is 9.65. The predicted octanol–water partition coefficient (Wildman–Crippen LogP) is 3.46. The van der Waals surface area contributed by atoms with Crippen LogP contribution in [0.25, 0.3) is 0 Å². The Labute approximate surface area is 184 Å². The van der Waals surface area contributed by atoms with Crippen molar-refractivity contribution in [1.29, 1.82) is 0 Å². The molecule has 31 heavy (non-hydrogen) atoms. The van der Waals surface area contributed by atoms with Gasteiger partial charge in [0.25, 0.3) is 0 Å². The zero-order valence-corrected chi connectivity index (χ0v) is 19.7. The third-order valence-corrected chi connectivity index (χ3v) is 9.22. The summed E-state index contributed by atoms with van der Waals surface area (Å²) in [6.07, 6.45) is 2.35. The molecule has 0 N–H and O–H groups in total. The Balaban J connectivity index is 1.37. The van der Waals surface area contributed by atoms with Crippen molar-refractivity contribution in [2.75, 3.05) is 19.7 Å². The minimum atomic E-state index is -3.55. The van der Waals surface area contributed by atoms with Gasteiger partial charge in [0.1, 0.15) is 16.2 Å². The van der Waals surface area contributed by atoms with Crippen LogP contribution in [0.4, 0.5) is 0 Å². The monoisotopic (exact) mass is 445 g/mol. The number of fused-ring (bicyclic) bond motifs is 3. The van der Waals surface area contributed by atoms with Crippen LogP contribution in [0.15, 0.2) is 29.3 Å². The van der Waals surface area contributed by atoms with Gasteiger partial charge in [0.2, 0.25) is 10.0 Å². The van der Waals surface area contributed by atoms with Gasteiger partial charge in [-0.15, -0.1) is 0 Å². The van der Waals surface area contributed by atoms with Crippen molar-refractivity contribution in [2.45, 2.75) is 64.2 Å². The van der Waals surface area contributed by atoms with Crippen molar-refractivity contribution in [1.82, 2.24) is 14.1 Å². The normalized spacial score (nSPS) is 26.6. The molecule has 0 amide bonds. The summed E-state index contributed by atoms with van der Waals surface area (Å²) in [4.78, 5) is 0.310. The first-order valence-electron chi connectivity index (χ1n) is 11.0. The smallest absolute Gasteiger partial charge is 0.246 e. The molecule has 2 aromatic rings. The van der Waals surface area contributed by atoms with E-state index in [1.807, 2.05) is 13.8 Å². The Morgan fingerprint density at radius 2 is 1.97 bits per heavy atom. The van der Waals surface area contributed by atoms with Gasteiger partial charge in [0.15, 0.2) is 0 Å². The van der Waals surface area contributed by atoms with Gasteiger partial charge in [0, 0.05) is 36.5 Å². The van der Waals surface area contributed by atoms with Crippen LogP contribution in [0, 0.1) is 25.2 Å². The lowest BCUT2D eigenvalue weighted by Gasteiger charge is -2.58. The van der Waals surface area contributed by atoms with E-state index in [9.17, 15) is 8.42 Å². The lowest BCUT2D eigenvalue weighted by molar-refractivity contribution is -0.187. The van der Waals surface area contributed by atoms with Crippen LogP contribution in [0.2, 0.25) is 0 Å². The number of ether oxygens (including phenoxy) is 2. The van der Waals surface area contributed by atoms with Crippen LogP contribution >= 0.6 is 0 Å². The number of aromatic nitrogens is 2. The van der Waals surface area contributed by atoms with E-state index in [1.54, 1.807) is 8.99 Å². The van der Waals surface area contributed by atoms with E-state index in [0.717, 1.165) is 17.7 Å². The Hall–Kier alpha value is -1.90. The second kappa shape index (κ2) is 6.80. The number of rotatable bonds is 3. The second-order valence-electron chi connectivity index (χ2n) is 9.97. The predicted molar refractivity (Wildman–Crippen MR) is 117 cm³/mol. The molecule has 0 unspecified atom stereocenters. The van der Waals surface area contributed by atoms with Gasteiger partial charge in [-0.05, 0) is 52.7 Å². The first kappa shape index (κ1) is 21.0. The molecule has 1 aromatic heterocycles. The Kier molecular flexibility index (Phi) is 4.60. The zero-order valence-electron chi connectivity index (χ0n) is 18.9. The summed E-state index contributed by atoms with van der Waals surface area (Å²) in [6, 6.07) is 6.29. The Morgan fingerprint density at radius 3 is 2.65 bits per heavy atom. The summed E-state index contributed by atoms with van der Waals surface area (Å²) in [6.45, 7) is 12.2. The standard InChI is InChI=1S/C23H31N3O4S/c1-6-26-16(3)20(11-24-26)31(27,28)25-12-23(13-25)10-18-21(29-14-23)17-8-7-15(2)9-19(17)30-22(18,4)5/h7-9,11,18,21H,6,10,12-14H2,1-5H3/t18-,21+/m0/s1. The molecule has 5 rings (SSSR count). The maximum atomic E-state index is 13.2. The number of hydrogen-bond donors (Lipinski definition) is 0. The highest BCUT2D eigenvalue weighted by molar-refractivity contribution is 7.89. The van der Waals surface area contributed by atoms with Gasteiger partial charge in [-0.3, -0.25) is 4.68 Å². The van der Waals surface area contributed by atoms with E-state index >= 15 is 0 Å². The number of hydrogen-bond acceptors (Lipinski definition) is 5. The van der Waals surface area contributed by atoms with Crippen LogP contribution in [-0.2, 0) is 21.3 Å². The Bertz CT molecular complexity index is 1130. The van der Waals surface area contributed by atoms with E-state index < -0.39 is 10.0 Å². The second-order valence-corrected chi connectivity index (χ2v) is 11.9. The molecule has 3 aliphatic heterocycles. The molecule has 168 valence electrons. The topological polar surface area (TPSA) is 73.7 Å². The van der Waals surface area contributed by atoms with Gasteiger partial charge >= 0.3 is 0 Å². The molecule has 2 atom stereocenters. The van der Waals surface area contributed by atoms with Crippen LogP contribution < -0.4 is 4.74 Å². The van der Waals surface area contributed by atoms with Crippen LogP contribution in [0.5, 0.6) is 5.75 Å². The molecule has 1 spiro atoms. The fourth-order valence-electron chi connectivity index (χ4n) is 5.49. The quantitative estimate of drug-likeness (QED) is 0.723. The van der Waals surface area contributed by atoms with Gasteiger partial charge in [-0.25, -0.2) is 8.42 Å². The molecular weight excluding hydrogens is 414 g/mol. The van der Waals surface area contributed by atoms with Crippen molar-refractivity contribution in [3.05, 3.63) is 41.2 Å². The first-order valence-corrected chi connectivity index (χ1v) is 12.4. The highest BCUT2D eigenvalue weighted by atomic mass is 32.2. The van der Waals surface area contributed by atoms with Gasteiger partial charge in [0.05, 0.1) is 24.6 Å². The van der Waals surface area contributed by atoms with Crippen LogP contribution in [0.3, 0.4) is 0 Å². The minimum Gasteiger partial charge on any atom is -0.487 e.